The molecule has 0 radical (unpaired) electrons. The number of nitrogens with zero attached hydrogens (tertiary/aromatic N) is 1. The minimum atomic E-state index is -0.227. The second kappa shape index (κ2) is 5.25. The summed E-state index contributed by atoms with van der Waals surface area (Å²) in [6, 6.07) is 18.6. The number of benzene rings is 2. The molecule has 1 aromatic heterocycles. The zero-order valence-electron chi connectivity index (χ0n) is 11.2. The van der Waals surface area contributed by atoms with Crippen LogP contribution < -0.4 is 0 Å². The molecule has 0 N–H and O–H groups in total. The molecule has 0 aliphatic carbocycles. The second-order valence-electron chi connectivity index (χ2n) is 4.77. The van der Waals surface area contributed by atoms with E-state index in [1.165, 1.54) is 6.07 Å². The normalized spacial score (nSPS) is 10.5. The van der Waals surface area contributed by atoms with Gasteiger partial charge in [0.15, 0.2) is 0 Å². The lowest BCUT2D eigenvalue weighted by Crippen LogP contribution is -1.89. The molecule has 0 aliphatic rings. The van der Waals surface area contributed by atoms with Crippen LogP contribution in [0.5, 0.6) is 0 Å². The number of aromatic nitrogens is 1. The molecule has 0 unspecified atom stereocenters. The number of hydrogen-bond acceptors (Lipinski definition) is 1. The molecular weight excluding hydrogens is 249 g/mol. The van der Waals surface area contributed by atoms with Crippen LogP contribution in [0.2, 0.25) is 0 Å². The molecule has 0 bridgehead atoms. The Labute approximate surface area is 117 Å². The maximum atomic E-state index is 13.5. The van der Waals surface area contributed by atoms with Crippen LogP contribution >= 0.6 is 0 Å². The van der Waals surface area contributed by atoms with Gasteiger partial charge >= 0.3 is 0 Å². The second-order valence-corrected chi connectivity index (χ2v) is 4.77. The van der Waals surface area contributed by atoms with Crippen molar-refractivity contribution in [1.29, 1.82) is 0 Å². The summed E-state index contributed by atoms with van der Waals surface area (Å²) in [5.74, 6) is -0.227. The van der Waals surface area contributed by atoms with Crippen molar-refractivity contribution >= 4 is 0 Å². The molecule has 1 heterocycles. The van der Waals surface area contributed by atoms with Gasteiger partial charge < -0.3 is 0 Å². The Morgan fingerprint density at radius 1 is 0.850 bits per heavy atom. The van der Waals surface area contributed by atoms with Crippen LogP contribution in [0.3, 0.4) is 0 Å². The molecule has 0 amide bonds. The van der Waals surface area contributed by atoms with Crippen molar-refractivity contribution < 1.29 is 4.39 Å². The number of aryl methyl sites for hydroxylation is 1. The summed E-state index contributed by atoms with van der Waals surface area (Å²) in [6.07, 6.45) is 1.77. The van der Waals surface area contributed by atoms with Gasteiger partial charge in [-0.2, -0.15) is 0 Å². The van der Waals surface area contributed by atoms with Crippen LogP contribution in [0.15, 0.2) is 66.9 Å². The first-order valence-corrected chi connectivity index (χ1v) is 6.52. The highest BCUT2D eigenvalue weighted by molar-refractivity contribution is 5.82. The molecule has 2 heteroatoms. The summed E-state index contributed by atoms with van der Waals surface area (Å²) in [4.78, 5) is 4.40. The predicted molar refractivity (Wildman–Crippen MR) is 79.8 cm³/mol. The largest absolute Gasteiger partial charge is 0.256 e. The van der Waals surface area contributed by atoms with Crippen molar-refractivity contribution in [3.05, 3.63) is 78.2 Å². The lowest BCUT2D eigenvalue weighted by Gasteiger charge is -2.10. The van der Waals surface area contributed by atoms with Gasteiger partial charge in [0, 0.05) is 11.8 Å². The van der Waals surface area contributed by atoms with E-state index in [9.17, 15) is 4.39 Å². The van der Waals surface area contributed by atoms with Crippen LogP contribution in [-0.2, 0) is 0 Å². The van der Waals surface area contributed by atoms with Crippen molar-refractivity contribution in [3.63, 3.8) is 0 Å². The SMILES string of the molecule is Cc1ccc(-c2cccc(F)c2)c(-c2ccccn2)c1. The molecule has 0 saturated heterocycles. The van der Waals surface area contributed by atoms with E-state index >= 15 is 0 Å². The van der Waals surface area contributed by atoms with Crippen molar-refractivity contribution in [3.8, 4) is 22.4 Å². The number of hydrogen-bond donors (Lipinski definition) is 0. The Balaban J connectivity index is 2.22. The minimum absolute atomic E-state index is 0.227. The van der Waals surface area contributed by atoms with Gasteiger partial charge in [0.25, 0.3) is 0 Å². The van der Waals surface area contributed by atoms with Gasteiger partial charge in [0.2, 0.25) is 0 Å². The van der Waals surface area contributed by atoms with Crippen molar-refractivity contribution in [2.24, 2.45) is 0 Å². The van der Waals surface area contributed by atoms with Crippen molar-refractivity contribution in [1.82, 2.24) is 4.98 Å². The highest BCUT2D eigenvalue weighted by Crippen LogP contribution is 2.32. The van der Waals surface area contributed by atoms with E-state index in [4.69, 9.17) is 0 Å². The lowest BCUT2D eigenvalue weighted by molar-refractivity contribution is 0.628. The van der Waals surface area contributed by atoms with Gasteiger partial charge in [-0.1, -0.05) is 35.9 Å². The van der Waals surface area contributed by atoms with E-state index in [1.54, 1.807) is 18.3 Å². The Bertz CT molecular complexity index is 735. The maximum absolute atomic E-state index is 13.5. The Hall–Kier alpha value is -2.48. The van der Waals surface area contributed by atoms with E-state index in [1.807, 2.05) is 43.3 Å². The molecule has 2 aromatic carbocycles. The maximum Gasteiger partial charge on any atom is 0.123 e. The van der Waals surface area contributed by atoms with Gasteiger partial charge in [-0.15, -0.1) is 0 Å². The number of pyridine rings is 1. The van der Waals surface area contributed by atoms with Crippen LogP contribution in [0, 0.1) is 12.7 Å². The molecule has 0 saturated carbocycles. The van der Waals surface area contributed by atoms with E-state index in [2.05, 4.69) is 11.1 Å². The molecule has 98 valence electrons. The van der Waals surface area contributed by atoms with Gasteiger partial charge in [0.05, 0.1) is 5.69 Å². The molecule has 3 aromatic rings. The van der Waals surface area contributed by atoms with Crippen molar-refractivity contribution in [2.75, 3.05) is 0 Å². The molecule has 0 spiro atoms. The van der Waals surface area contributed by atoms with Crippen LogP contribution in [-0.4, -0.2) is 4.98 Å². The molecule has 0 fully saturated rings. The molecule has 0 aliphatic heterocycles. The topological polar surface area (TPSA) is 12.9 Å². The third-order valence-corrected chi connectivity index (χ3v) is 3.25. The fourth-order valence-corrected chi connectivity index (χ4v) is 2.30. The molecular formula is C18H14FN. The average molecular weight is 263 g/mol. The smallest absolute Gasteiger partial charge is 0.123 e. The number of rotatable bonds is 2. The highest BCUT2D eigenvalue weighted by Gasteiger charge is 2.09. The summed E-state index contributed by atoms with van der Waals surface area (Å²) >= 11 is 0. The third-order valence-electron chi connectivity index (χ3n) is 3.25. The molecule has 3 rings (SSSR count). The number of halogens is 1. The van der Waals surface area contributed by atoms with Crippen LogP contribution in [0.1, 0.15) is 5.56 Å². The summed E-state index contributed by atoms with van der Waals surface area (Å²) in [5.41, 5.74) is 4.94. The van der Waals surface area contributed by atoms with Gasteiger partial charge in [-0.05, 0) is 48.4 Å². The van der Waals surface area contributed by atoms with E-state index in [0.717, 1.165) is 27.9 Å². The zero-order valence-corrected chi connectivity index (χ0v) is 11.2. The first-order valence-electron chi connectivity index (χ1n) is 6.52. The average Bonchev–Trinajstić information content (AvgIpc) is 2.48. The predicted octanol–water partition coefficient (Wildman–Crippen LogP) is 4.86. The molecule has 1 nitrogen and oxygen atoms in total. The zero-order chi connectivity index (χ0) is 13.9. The Morgan fingerprint density at radius 2 is 1.75 bits per heavy atom. The summed E-state index contributed by atoms with van der Waals surface area (Å²) in [6.45, 7) is 2.04. The Morgan fingerprint density at radius 3 is 2.50 bits per heavy atom. The van der Waals surface area contributed by atoms with Gasteiger partial charge in [-0.25, -0.2) is 4.39 Å². The van der Waals surface area contributed by atoms with Crippen LogP contribution in [0.25, 0.3) is 22.4 Å². The summed E-state index contributed by atoms with van der Waals surface area (Å²) < 4.78 is 13.5. The lowest BCUT2D eigenvalue weighted by atomic mass is 9.95. The van der Waals surface area contributed by atoms with Gasteiger partial charge in [-0.3, -0.25) is 4.98 Å². The fourth-order valence-electron chi connectivity index (χ4n) is 2.30. The quantitative estimate of drug-likeness (QED) is 0.643. The minimum Gasteiger partial charge on any atom is -0.256 e. The first kappa shape index (κ1) is 12.5. The van der Waals surface area contributed by atoms with E-state index < -0.39 is 0 Å². The summed E-state index contributed by atoms with van der Waals surface area (Å²) in [5, 5.41) is 0. The standard InChI is InChI=1S/C18H14FN/c1-13-8-9-16(14-5-4-6-15(19)12-14)17(11-13)18-7-2-3-10-20-18/h2-12H,1H3. The van der Waals surface area contributed by atoms with E-state index in [0.29, 0.717) is 0 Å². The highest BCUT2D eigenvalue weighted by atomic mass is 19.1. The Kier molecular flexibility index (Phi) is 3.30. The van der Waals surface area contributed by atoms with Crippen LogP contribution in [0.4, 0.5) is 4.39 Å². The van der Waals surface area contributed by atoms with E-state index in [-0.39, 0.29) is 5.82 Å². The fraction of sp³-hybridized carbons (Fsp3) is 0.0556. The summed E-state index contributed by atoms with van der Waals surface area (Å²) in [7, 11) is 0. The first-order chi connectivity index (χ1) is 9.74. The molecule has 0 atom stereocenters. The van der Waals surface area contributed by atoms with Crippen molar-refractivity contribution in [2.45, 2.75) is 6.92 Å². The third kappa shape index (κ3) is 2.45. The monoisotopic (exact) mass is 263 g/mol. The van der Waals surface area contributed by atoms with Gasteiger partial charge in [0.1, 0.15) is 5.82 Å². The molecule has 20 heavy (non-hydrogen) atoms.